The summed E-state index contributed by atoms with van der Waals surface area (Å²) in [5, 5.41) is 6.07. The first-order valence-electron chi connectivity index (χ1n) is 10.6. The molecule has 32 heavy (non-hydrogen) atoms. The van der Waals surface area contributed by atoms with Gasteiger partial charge in [-0.1, -0.05) is 60.1 Å². The maximum Gasteiger partial charge on any atom is 0.251 e. The van der Waals surface area contributed by atoms with Crippen molar-refractivity contribution in [2.75, 3.05) is 6.54 Å². The van der Waals surface area contributed by atoms with Gasteiger partial charge in [0.2, 0.25) is 0 Å². The molecule has 0 unspecified atom stereocenters. The van der Waals surface area contributed by atoms with Gasteiger partial charge in [0.15, 0.2) is 0 Å². The largest absolute Gasteiger partial charge is 0.352 e. The van der Waals surface area contributed by atoms with Gasteiger partial charge in [-0.05, 0) is 58.8 Å². The highest BCUT2D eigenvalue weighted by Crippen LogP contribution is 2.21. The maximum atomic E-state index is 12.4. The van der Waals surface area contributed by atoms with Crippen molar-refractivity contribution in [2.24, 2.45) is 0 Å². The van der Waals surface area contributed by atoms with E-state index in [1.807, 2.05) is 18.2 Å². The lowest BCUT2D eigenvalue weighted by molar-refractivity contribution is 0.0954. The smallest absolute Gasteiger partial charge is 0.251 e. The summed E-state index contributed by atoms with van der Waals surface area (Å²) in [6.07, 6.45) is 0.640. The molecule has 4 nitrogen and oxygen atoms in total. The number of aromatic nitrogens is 2. The number of nitrogens with zero attached hydrogens (tertiary/aromatic N) is 2. The minimum absolute atomic E-state index is 0.112. The summed E-state index contributed by atoms with van der Waals surface area (Å²) in [6.45, 7) is 1.23. The van der Waals surface area contributed by atoms with Crippen molar-refractivity contribution in [1.82, 2.24) is 14.9 Å². The molecule has 0 saturated carbocycles. The van der Waals surface area contributed by atoms with Crippen LogP contribution in [0.1, 0.15) is 21.7 Å². The molecule has 0 aliphatic rings. The zero-order chi connectivity index (χ0) is 21.9. The number of rotatable bonds is 6. The third kappa shape index (κ3) is 4.23. The molecular formula is C27H22ClN3O. The van der Waals surface area contributed by atoms with Crippen LogP contribution >= 0.6 is 11.6 Å². The molecule has 1 N–H and O–H groups in total. The van der Waals surface area contributed by atoms with E-state index in [2.05, 4.69) is 58.4 Å². The van der Waals surface area contributed by atoms with E-state index in [4.69, 9.17) is 16.6 Å². The standard InChI is InChI=1S/C27H22ClN3O/c28-23-13-11-21(12-14-23)27(32)29-16-15-26-30-24-7-3-4-8-25(24)31(26)18-19-9-10-20-5-1-2-6-22(20)17-19/h1-14,17H,15-16,18H2,(H,29,32). The van der Waals surface area contributed by atoms with Crippen molar-refractivity contribution in [3.63, 3.8) is 0 Å². The summed E-state index contributed by atoms with van der Waals surface area (Å²) in [6, 6.07) is 30.0. The number of imidazole rings is 1. The molecule has 1 aromatic heterocycles. The minimum atomic E-state index is -0.112. The molecule has 0 fully saturated rings. The third-order valence-electron chi connectivity index (χ3n) is 5.63. The maximum absolute atomic E-state index is 12.4. The molecule has 5 aromatic rings. The first-order chi connectivity index (χ1) is 15.7. The van der Waals surface area contributed by atoms with Gasteiger partial charge in [0.25, 0.3) is 5.91 Å². The number of hydrogen-bond donors (Lipinski definition) is 1. The second kappa shape index (κ2) is 8.85. The van der Waals surface area contributed by atoms with Crippen molar-refractivity contribution < 1.29 is 4.79 Å². The summed E-state index contributed by atoms with van der Waals surface area (Å²) < 4.78 is 2.24. The van der Waals surface area contributed by atoms with Crippen LogP contribution in [0.25, 0.3) is 21.8 Å². The topological polar surface area (TPSA) is 46.9 Å². The summed E-state index contributed by atoms with van der Waals surface area (Å²) in [5.74, 6) is 0.842. The van der Waals surface area contributed by atoms with Crippen LogP contribution in [0.15, 0.2) is 91.0 Å². The molecule has 0 spiro atoms. The molecule has 1 heterocycles. The Hall–Kier alpha value is -3.63. The Labute approximate surface area is 191 Å². The second-order valence-electron chi connectivity index (χ2n) is 7.80. The quantitative estimate of drug-likeness (QED) is 0.360. The third-order valence-corrected chi connectivity index (χ3v) is 5.88. The van der Waals surface area contributed by atoms with Crippen molar-refractivity contribution in [2.45, 2.75) is 13.0 Å². The Morgan fingerprint density at radius 3 is 2.47 bits per heavy atom. The molecule has 0 aliphatic heterocycles. The van der Waals surface area contributed by atoms with E-state index in [1.54, 1.807) is 24.3 Å². The summed E-state index contributed by atoms with van der Waals surface area (Å²) >= 11 is 5.91. The lowest BCUT2D eigenvalue weighted by Gasteiger charge is -2.11. The Morgan fingerprint density at radius 1 is 0.875 bits per heavy atom. The SMILES string of the molecule is O=C(NCCc1nc2ccccc2n1Cc1ccc2ccccc2c1)c1ccc(Cl)cc1. The number of para-hydroxylation sites is 2. The van der Waals surface area contributed by atoms with Crippen LogP contribution in [-0.2, 0) is 13.0 Å². The van der Waals surface area contributed by atoms with Gasteiger partial charge in [0, 0.05) is 30.1 Å². The molecule has 4 aromatic carbocycles. The van der Waals surface area contributed by atoms with Gasteiger partial charge in [0.1, 0.15) is 5.82 Å². The summed E-state index contributed by atoms with van der Waals surface area (Å²) in [7, 11) is 0. The number of halogens is 1. The van der Waals surface area contributed by atoms with Crippen LogP contribution in [-0.4, -0.2) is 22.0 Å². The van der Waals surface area contributed by atoms with Gasteiger partial charge in [-0.3, -0.25) is 4.79 Å². The predicted octanol–water partition coefficient (Wildman–Crippen LogP) is 5.86. The number of carbonyl (C=O) groups excluding carboxylic acids is 1. The van der Waals surface area contributed by atoms with E-state index in [1.165, 1.54) is 16.3 Å². The molecule has 5 rings (SSSR count). The number of fused-ring (bicyclic) bond motifs is 2. The average Bonchev–Trinajstić information content (AvgIpc) is 3.16. The van der Waals surface area contributed by atoms with E-state index in [0.717, 1.165) is 23.4 Å². The fourth-order valence-corrected chi connectivity index (χ4v) is 4.13. The number of benzene rings is 4. The number of carbonyl (C=O) groups is 1. The molecule has 0 atom stereocenters. The highest BCUT2D eigenvalue weighted by molar-refractivity contribution is 6.30. The van der Waals surface area contributed by atoms with Crippen LogP contribution in [0.2, 0.25) is 5.02 Å². The predicted molar refractivity (Wildman–Crippen MR) is 130 cm³/mol. The van der Waals surface area contributed by atoms with E-state index < -0.39 is 0 Å². The van der Waals surface area contributed by atoms with Crippen molar-refractivity contribution >= 4 is 39.3 Å². The highest BCUT2D eigenvalue weighted by atomic mass is 35.5. The lowest BCUT2D eigenvalue weighted by Crippen LogP contribution is -2.26. The average molecular weight is 440 g/mol. The van der Waals surface area contributed by atoms with Gasteiger partial charge in [-0.2, -0.15) is 0 Å². The fourth-order valence-electron chi connectivity index (χ4n) is 4.00. The Morgan fingerprint density at radius 2 is 1.62 bits per heavy atom. The van der Waals surface area contributed by atoms with Gasteiger partial charge in [-0.25, -0.2) is 4.98 Å². The van der Waals surface area contributed by atoms with Crippen LogP contribution < -0.4 is 5.32 Å². The molecule has 5 heteroatoms. The Bertz CT molecular complexity index is 1410. The molecule has 0 saturated heterocycles. The molecule has 0 radical (unpaired) electrons. The number of amides is 1. The van der Waals surface area contributed by atoms with Crippen LogP contribution in [0.3, 0.4) is 0 Å². The minimum Gasteiger partial charge on any atom is -0.352 e. The molecule has 0 bridgehead atoms. The Kier molecular flexibility index (Phi) is 5.61. The summed E-state index contributed by atoms with van der Waals surface area (Å²) in [5.41, 5.74) is 3.88. The van der Waals surface area contributed by atoms with E-state index in [-0.39, 0.29) is 5.91 Å². The van der Waals surface area contributed by atoms with Crippen LogP contribution in [0.4, 0.5) is 0 Å². The zero-order valence-corrected chi connectivity index (χ0v) is 18.2. The van der Waals surface area contributed by atoms with Crippen molar-refractivity contribution in [3.05, 3.63) is 113 Å². The molecule has 158 valence electrons. The first-order valence-corrected chi connectivity index (χ1v) is 11.0. The first kappa shape index (κ1) is 20.3. The molecule has 0 aliphatic carbocycles. The highest BCUT2D eigenvalue weighted by Gasteiger charge is 2.12. The van der Waals surface area contributed by atoms with Crippen molar-refractivity contribution in [3.8, 4) is 0 Å². The summed E-state index contributed by atoms with van der Waals surface area (Å²) in [4.78, 5) is 17.3. The van der Waals surface area contributed by atoms with E-state index >= 15 is 0 Å². The number of hydrogen-bond acceptors (Lipinski definition) is 2. The fraction of sp³-hybridized carbons (Fsp3) is 0.111. The monoisotopic (exact) mass is 439 g/mol. The molecular weight excluding hydrogens is 418 g/mol. The Balaban J connectivity index is 1.37. The van der Waals surface area contributed by atoms with E-state index in [9.17, 15) is 4.79 Å². The van der Waals surface area contributed by atoms with Gasteiger partial charge < -0.3 is 9.88 Å². The number of nitrogens with one attached hydrogen (secondary N) is 1. The van der Waals surface area contributed by atoms with Gasteiger partial charge in [0.05, 0.1) is 11.0 Å². The van der Waals surface area contributed by atoms with Gasteiger partial charge in [-0.15, -0.1) is 0 Å². The van der Waals surface area contributed by atoms with Crippen molar-refractivity contribution in [1.29, 1.82) is 0 Å². The van der Waals surface area contributed by atoms with E-state index in [0.29, 0.717) is 23.6 Å². The second-order valence-corrected chi connectivity index (χ2v) is 8.23. The van der Waals surface area contributed by atoms with Gasteiger partial charge >= 0.3 is 0 Å². The van der Waals surface area contributed by atoms with Crippen LogP contribution in [0.5, 0.6) is 0 Å². The lowest BCUT2D eigenvalue weighted by atomic mass is 10.1. The van der Waals surface area contributed by atoms with Crippen LogP contribution in [0, 0.1) is 0 Å². The molecule has 1 amide bonds. The zero-order valence-electron chi connectivity index (χ0n) is 17.5. The normalized spacial score (nSPS) is 11.2.